The zero-order valence-electron chi connectivity index (χ0n) is 13.2. The van der Waals surface area contributed by atoms with Crippen molar-refractivity contribution >= 4 is 0 Å². The van der Waals surface area contributed by atoms with Crippen molar-refractivity contribution in [2.24, 2.45) is 12.9 Å². The molecule has 1 aliphatic carbocycles. The summed E-state index contributed by atoms with van der Waals surface area (Å²) in [7, 11) is 1.98. The maximum Gasteiger partial charge on any atom is 0.0522 e. The summed E-state index contributed by atoms with van der Waals surface area (Å²) in [4.78, 5) is 2.74. The molecule has 3 N–H and O–H groups in total. The SMILES string of the molecule is Cn1cc(CC(NN)C2(N3CCCCC3)CCCC2)cn1. The molecular weight excluding hydrogens is 262 g/mol. The summed E-state index contributed by atoms with van der Waals surface area (Å²) < 4.78 is 1.88. The van der Waals surface area contributed by atoms with Gasteiger partial charge in [0, 0.05) is 24.8 Å². The molecule has 1 aliphatic heterocycles. The standard InChI is InChI=1S/C16H29N5/c1-20-13-14(12-18-20)11-15(19-17)16(7-3-4-8-16)21-9-5-2-6-10-21/h12-13,15,19H,2-11,17H2,1H3. The van der Waals surface area contributed by atoms with Crippen LogP contribution in [0.2, 0.25) is 0 Å². The van der Waals surface area contributed by atoms with Crippen LogP contribution >= 0.6 is 0 Å². The second-order valence-corrected chi connectivity index (χ2v) is 6.80. The monoisotopic (exact) mass is 291 g/mol. The van der Waals surface area contributed by atoms with Gasteiger partial charge in [0.25, 0.3) is 0 Å². The molecule has 1 atom stereocenters. The molecule has 0 amide bonds. The van der Waals surface area contributed by atoms with Gasteiger partial charge in [0.05, 0.1) is 6.20 Å². The summed E-state index contributed by atoms with van der Waals surface area (Å²) in [5.41, 5.74) is 4.70. The van der Waals surface area contributed by atoms with Crippen LogP contribution in [0.15, 0.2) is 12.4 Å². The number of rotatable bonds is 5. The van der Waals surface area contributed by atoms with Gasteiger partial charge in [-0.25, -0.2) is 0 Å². The van der Waals surface area contributed by atoms with E-state index in [2.05, 4.69) is 21.6 Å². The minimum Gasteiger partial charge on any atom is -0.296 e. The summed E-state index contributed by atoms with van der Waals surface area (Å²) in [6.45, 7) is 2.48. The van der Waals surface area contributed by atoms with E-state index in [4.69, 9.17) is 5.84 Å². The second kappa shape index (κ2) is 6.46. The average Bonchev–Trinajstić information content (AvgIpc) is 3.15. The number of likely N-dealkylation sites (tertiary alicyclic amines) is 1. The quantitative estimate of drug-likeness (QED) is 0.639. The van der Waals surface area contributed by atoms with Gasteiger partial charge in [-0.15, -0.1) is 0 Å². The molecule has 118 valence electrons. The number of aromatic nitrogens is 2. The Balaban J connectivity index is 1.79. The first kappa shape index (κ1) is 15.0. The van der Waals surface area contributed by atoms with Crippen molar-refractivity contribution in [3.05, 3.63) is 18.0 Å². The Morgan fingerprint density at radius 1 is 1.24 bits per heavy atom. The summed E-state index contributed by atoms with van der Waals surface area (Å²) in [5, 5.41) is 4.30. The maximum absolute atomic E-state index is 6.00. The molecular formula is C16H29N5. The Bertz CT molecular complexity index is 443. The van der Waals surface area contributed by atoms with Crippen LogP contribution in [0.4, 0.5) is 0 Å². The van der Waals surface area contributed by atoms with Crippen molar-refractivity contribution in [1.82, 2.24) is 20.1 Å². The van der Waals surface area contributed by atoms with Gasteiger partial charge in [0.15, 0.2) is 0 Å². The van der Waals surface area contributed by atoms with Crippen LogP contribution in [0, 0.1) is 0 Å². The highest BCUT2D eigenvalue weighted by Gasteiger charge is 2.45. The van der Waals surface area contributed by atoms with E-state index >= 15 is 0 Å². The van der Waals surface area contributed by atoms with E-state index in [1.807, 2.05) is 17.9 Å². The van der Waals surface area contributed by atoms with E-state index < -0.39 is 0 Å². The van der Waals surface area contributed by atoms with Crippen LogP contribution in [-0.4, -0.2) is 39.4 Å². The third-order valence-corrected chi connectivity index (χ3v) is 5.50. The van der Waals surface area contributed by atoms with E-state index in [9.17, 15) is 0 Å². The highest BCUT2D eigenvalue weighted by Crippen LogP contribution is 2.40. The number of hydrazine groups is 1. The lowest BCUT2D eigenvalue weighted by molar-refractivity contribution is 0.0366. The van der Waals surface area contributed by atoms with Gasteiger partial charge in [-0.1, -0.05) is 19.3 Å². The lowest BCUT2D eigenvalue weighted by Gasteiger charge is -2.48. The predicted octanol–water partition coefficient (Wildman–Crippen LogP) is 1.59. The van der Waals surface area contributed by atoms with Crippen LogP contribution in [-0.2, 0) is 13.5 Å². The highest BCUT2D eigenvalue weighted by molar-refractivity contribution is 5.12. The third kappa shape index (κ3) is 3.00. The Hall–Kier alpha value is -0.910. The van der Waals surface area contributed by atoms with Crippen LogP contribution in [0.3, 0.4) is 0 Å². The molecule has 5 nitrogen and oxygen atoms in total. The fourth-order valence-electron chi connectivity index (χ4n) is 4.43. The first-order chi connectivity index (χ1) is 10.2. The third-order valence-electron chi connectivity index (χ3n) is 5.50. The van der Waals surface area contributed by atoms with Gasteiger partial charge in [-0.2, -0.15) is 5.10 Å². The number of nitrogens with one attached hydrogen (secondary N) is 1. The van der Waals surface area contributed by atoms with Gasteiger partial charge in [-0.3, -0.25) is 20.9 Å². The number of aryl methyl sites for hydroxylation is 1. The van der Waals surface area contributed by atoms with Crippen molar-refractivity contribution in [2.45, 2.75) is 62.9 Å². The number of nitrogens with two attached hydrogens (primary N) is 1. The second-order valence-electron chi connectivity index (χ2n) is 6.80. The molecule has 1 unspecified atom stereocenters. The van der Waals surface area contributed by atoms with Crippen molar-refractivity contribution in [3.63, 3.8) is 0 Å². The fraction of sp³-hybridized carbons (Fsp3) is 0.812. The molecule has 2 fully saturated rings. The minimum atomic E-state index is 0.255. The Kier molecular flexibility index (Phi) is 4.62. The van der Waals surface area contributed by atoms with Gasteiger partial charge >= 0.3 is 0 Å². The molecule has 1 aromatic rings. The predicted molar refractivity (Wildman–Crippen MR) is 84.6 cm³/mol. The first-order valence-electron chi connectivity index (χ1n) is 8.43. The Morgan fingerprint density at radius 3 is 2.52 bits per heavy atom. The van der Waals surface area contributed by atoms with Gasteiger partial charge in [0.1, 0.15) is 0 Å². The van der Waals surface area contributed by atoms with E-state index in [1.165, 1.54) is 63.6 Å². The van der Waals surface area contributed by atoms with E-state index in [1.54, 1.807) is 0 Å². The van der Waals surface area contributed by atoms with Crippen LogP contribution in [0.25, 0.3) is 0 Å². The normalized spacial score (nSPS) is 24.3. The number of nitrogens with zero attached hydrogens (tertiary/aromatic N) is 3. The highest BCUT2D eigenvalue weighted by atomic mass is 15.3. The largest absolute Gasteiger partial charge is 0.296 e. The molecule has 0 spiro atoms. The summed E-state index contributed by atoms with van der Waals surface area (Å²) in [6.07, 6.45) is 14.4. The molecule has 0 bridgehead atoms. The lowest BCUT2D eigenvalue weighted by Crippen LogP contribution is -2.63. The van der Waals surface area contributed by atoms with Crippen LogP contribution in [0.5, 0.6) is 0 Å². The smallest absolute Gasteiger partial charge is 0.0522 e. The van der Waals surface area contributed by atoms with Crippen molar-refractivity contribution in [1.29, 1.82) is 0 Å². The van der Waals surface area contributed by atoms with E-state index in [-0.39, 0.29) is 5.54 Å². The molecule has 1 aromatic heterocycles. The molecule has 0 radical (unpaired) electrons. The number of hydrogen-bond donors (Lipinski definition) is 2. The average molecular weight is 291 g/mol. The van der Waals surface area contributed by atoms with E-state index in [0.29, 0.717) is 6.04 Å². The number of piperidine rings is 1. The minimum absolute atomic E-state index is 0.255. The molecule has 2 heterocycles. The zero-order chi connectivity index (χ0) is 14.7. The Morgan fingerprint density at radius 2 is 1.95 bits per heavy atom. The van der Waals surface area contributed by atoms with Gasteiger partial charge < -0.3 is 0 Å². The number of hydrogen-bond acceptors (Lipinski definition) is 4. The molecule has 1 saturated heterocycles. The molecule has 2 aliphatic rings. The molecule has 0 aromatic carbocycles. The van der Waals surface area contributed by atoms with E-state index in [0.717, 1.165) is 6.42 Å². The van der Waals surface area contributed by atoms with Crippen molar-refractivity contribution < 1.29 is 0 Å². The molecule has 1 saturated carbocycles. The van der Waals surface area contributed by atoms with Crippen LogP contribution in [0.1, 0.15) is 50.5 Å². The molecule has 21 heavy (non-hydrogen) atoms. The topological polar surface area (TPSA) is 59.1 Å². The van der Waals surface area contributed by atoms with Crippen LogP contribution < -0.4 is 11.3 Å². The Labute approximate surface area is 127 Å². The van der Waals surface area contributed by atoms with Crippen molar-refractivity contribution in [3.8, 4) is 0 Å². The maximum atomic E-state index is 6.00. The summed E-state index contributed by atoms with van der Waals surface area (Å²) in [6, 6.07) is 0.322. The lowest BCUT2D eigenvalue weighted by atomic mass is 9.82. The van der Waals surface area contributed by atoms with Crippen molar-refractivity contribution in [2.75, 3.05) is 13.1 Å². The molecule has 5 heteroatoms. The summed E-state index contributed by atoms with van der Waals surface area (Å²) in [5.74, 6) is 6.00. The van der Waals surface area contributed by atoms with Gasteiger partial charge in [-0.05, 0) is 50.8 Å². The summed E-state index contributed by atoms with van der Waals surface area (Å²) >= 11 is 0. The molecule has 3 rings (SSSR count). The zero-order valence-corrected chi connectivity index (χ0v) is 13.2. The first-order valence-corrected chi connectivity index (χ1v) is 8.43. The van der Waals surface area contributed by atoms with Gasteiger partial charge in [0.2, 0.25) is 0 Å². The fourth-order valence-corrected chi connectivity index (χ4v) is 4.43.